The van der Waals surface area contributed by atoms with Gasteiger partial charge in [-0.2, -0.15) is 4.98 Å². The fraction of sp³-hybridized carbons (Fsp3) is 0.500. The van der Waals surface area contributed by atoms with Crippen molar-refractivity contribution in [3.63, 3.8) is 0 Å². The highest BCUT2D eigenvalue weighted by Crippen LogP contribution is 2.18. The van der Waals surface area contributed by atoms with Gasteiger partial charge in [0.1, 0.15) is 11.5 Å². The Morgan fingerprint density at radius 3 is 2.57 bits per heavy atom. The summed E-state index contributed by atoms with van der Waals surface area (Å²) in [6, 6.07) is 6.74. The summed E-state index contributed by atoms with van der Waals surface area (Å²) in [7, 11) is 0. The number of unbranched alkanes of at least 4 members (excludes halogenated alkanes) is 4. The Hall–Kier alpha value is -3.04. The van der Waals surface area contributed by atoms with Crippen LogP contribution in [0.5, 0.6) is 0 Å². The number of anilines is 1. The predicted octanol–water partition coefficient (Wildman–Crippen LogP) is 4.01. The highest BCUT2D eigenvalue weighted by molar-refractivity contribution is 5.90. The van der Waals surface area contributed by atoms with Crippen molar-refractivity contribution in [2.24, 2.45) is 0 Å². The first-order chi connectivity index (χ1) is 17.0. The molecular weight excluding hydrogens is 447 g/mol. The Labute approximate surface area is 204 Å². The Morgan fingerprint density at radius 2 is 1.83 bits per heavy atom. The zero-order valence-electron chi connectivity index (χ0n) is 20.4. The summed E-state index contributed by atoms with van der Waals surface area (Å²) in [5.74, 6) is -0.156. The third-order valence-electron chi connectivity index (χ3n) is 6.54. The molecule has 1 amide bonds. The number of carbonyl (C=O) groups excluding carboxylic acids is 1. The Bertz CT molecular complexity index is 1180. The molecule has 0 radical (unpaired) electrons. The van der Waals surface area contributed by atoms with Crippen LogP contribution in [0.1, 0.15) is 56.6 Å². The molecule has 2 aromatic heterocycles. The molecule has 3 heterocycles. The normalized spacial score (nSPS) is 15.0. The smallest absolute Gasteiger partial charge is 0.262 e. The molecule has 9 heteroatoms. The minimum atomic E-state index is -0.255. The summed E-state index contributed by atoms with van der Waals surface area (Å²) >= 11 is 0. The van der Waals surface area contributed by atoms with E-state index in [1.54, 1.807) is 12.1 Å². The molecule has 1 saturated heterocycles. The number of amides is 1. The van der Waals surface area contributed by atoms with Gasteiger partial charge in [0, 0.05) is 51.9 Å². The van der Waals surface area contributed by atoms with E-state index in [1.807, 2.05) is 12.3 Å². The average molecular weight is 483 g/mol. The number of piperazine rings is 1. The van der Waals surface area contributed by atoms with Crippen molar-refractivity contribution in [1.29, 1.82) is 0 Å². The number of aromatic nitrogens is 3. The zero-order valence-corrected chi connectivity index (χ0v) is 20.4. The van der Waals surface area contributed by atoms with Crippen LogP contribution in [-0.2, 0) is 17.9 Å². The van der Waals surface area contributed by atoms with Crippen molar-refractivity contribution in [2.45, 2.75) is 58.5 Å². The number of fused-ring (bicyclic) bond motifs is 1. The predicted molar refractivity (Wildman–Crippen MR) is 136 cm³/mol. The van der Waals surface area contributed by atoms with E-state index in [1.165, 1.54) is 18.9 Å². The molecule has 4 rings (SSSR count). The van der Waals surface area contributed by atoms with Crippen molar-refractivity contribution in [1.82, 2.24) is 24.8 Å². The number of aromatic amines is 2. The largest absolute Gasteiger partial charge is 0.346 e. The second kappa shape index (κ2) is 12.1. The fourth-order valence-corrected chi connectivity index (χ4v) is 4.61. The standard InChI is InChI=1S/C26H35FN6O2/c1-2-3-4-5-6-10-22(34)29-26-30-24-23(25(35)31-26)20(16-28-24)18-33-13-11-32(12-14-33)17-19-8-7-9-21(27)15-19/h7-9,15-16H,2-6,10-14,17-18H2,1H3,(H3,28,29,30,31,34,35). The number of rotatable bonds is 11. The summed E-state index contributed by atoms with van der Waals surface area (Å²) in [5.41, 5.74) is 2.09. The Balaban J connectivity index is 1.30. The van der Waals surface area contributed by atoms with E-state index in [0.717, 1.165) is 63.1 Å². The molecule has 0 bridgehead atoms. The molecule has 8 nitrogen and oxygen atoms in total. The van der Waals surface area contributed by atoms with Gasteiger partial charge >= 0.3 is 0 Å². The van der Waals surface area contributed by atoms with Gasteiger partial charge in [0.2, 0.25) is 11.9 Å². The number of H-pyrrole nitrogens is 2. The second-order valence-corrected chi connectivity index (χ2v) is 9.35. The first-order valence-corrected chi connectivity index (χ1v) is 12.6. The maximum Gasteiger partial charge on any atom is 0.262 e. The molecule has 0 atom stereocenters. The molecule has 1 aliphatic heterocycles. The van der Waals surface area contributed by atoms with Crippen LogP contribution in [0.15, 0.2) is 35.3 Å². The topological polar surface area (TPSA) is 97.1 Å². The Kier molecular flexibility index (Phi) is 8.65. The molecular formula is C26H35FN6O2. The van der Waals surface area contributed by atoms with E-state index in [0.29, 0.717) is 24.0 Å². The Morgan fingerprint density at radius 1 is 1.09 bits per heavy atom. The fourth-order valence-electron chi connectivity index (χ4n) is 4.61. The van der Waals surface area contributed by atoms with Crippen LogP contribution >= 0.6 is 0 Å². The van der Waals surface area contributed by atoms with E-state index < -0.39 is 0 Å². The first-order valence-electron chi connectivity index (χ1n) is 12.6. The van der Waals surface area contributed by atoms with E-state index in [4.69, 9.17) is 0 Å². The minimum Gasteiger partial charge on any atom is -0.346 e. The SMILES string of the molecule is CCCCCCCC(=O)Nc1nc2[nH]cc(CN3CCN(Cc4cccc(F)c4)CC3)c2c(=O)[nH]1. The van der Waals surface area contributed by atoms with E-state index >= 15 is 0 Å². The number of halogens is 1. The van der Waals surface area contributed by atoms with Gasteiger partial charge < -0.3 is 4.98 Å². The van der Waals surface area contributed by atoms with Gasteiger partial charge in [-0.1, -0.05) is 44.7 Å². The molecule has 3 N–H and O–H groups in total. The van der Waals surface area contributed by atoms with Gasteiger partial charge in [0.25, 0.3) is 5.56 Å². The molecule has 3 aromatic rings. The van der Waals surface area contributed by atoms with Gasteiger partial charge in [-0.3, -0.25) is 29.7 Å². The van der Waals surface area contributed by atoms with Crippen LogP contribution in [0.4, 0.5) is 10.3 Å². The molecule has 0 saturated carbocycles. The van der Waals surface area contributed by atoms with Gasteiger partial charge in [-0.15, -0.1) is 0 Å². The van der Waals surface area contributed by atoms with Crippen LogP contribution in [0, 0.1) is 5.82 Å². The van der Waals surface area contributed by atoms with Crippen molar-refractivity contribution >= 4 is 22.9 Å². The quantitative estimate of drug-likeness (QED) is 0.359. The lowest BCUT2D eigenvalue weighted by Crippen LogP contribution is -2.45. The van der Waals surface area contributed by atoms with Crippen LogP contribution in [0.25, 0.3) is 11.0 Å². The molecule has 35 heavy (non-hydrogen) atoms. The van der Waals surface area contributed by atoms with Crippen LogP contribution in [-0.4, -0.2) is 56.8 Å². The molecule has 0 unspecified atom stereocenters. The van der Waals surface area contributed by atoms with Crippen molar-refractivity contribution in [3.8, 4) is 0 Å². The lowest BCUT2D eigenvalue weighted by Gasteiger charge is -2.34. The van der Waals surface area contributed by atoms with Crippen LogP contribution < -0.4 is 10.9 Å². The van der Waals surface area contributed by atoms with E-state index in [-0.39, 0.29) is 23.2 Å². The summed E-state index contributed by atoms with van der Waals surface area (Å²) in [5, 5.41) is 3.25. The first kappa shape index (κ1) is 25.1. The number of hydrogen-bond donors (Lipinski definition) is 3. The second-order valence-electron chi connectivity index (χ2n) is 9.35. The molecule has 1 aromatic carbocycles. The van der Waals surface area contributed by atoms with E-state index in [2.05, 4.69) is 37.0 Å². The van der Waals surface area contributed by atoms with Gasteiger partial charge in [0.05, 0.1) is 5.39 Å². The lowest BCUT2D eigenvalue weighted by atomic mass is 10.1. The highest BCUT2D eigenvalue weighted by atomic mass is 19.1. The van der Waals surface area contributed by atoms with Gasteiger partial charge in [-0.25, -0.2) is 4.39 Å². The third-order valence-corrected chi connectivity index (χ3v) is 6.54. The maximum absolute atomic E-state index is 13.4. The maximum atomic E-state index is 13.4. The summed E-state index contributed by atoms with van der Waals surface area (Å²) in [4.78, 5) is 39.8. The molecule has 1 fully saturated rings. The summed E-state index contributed by atoms with van der Waals surface area (Å²) < 4.78 is 13.4. The van der Waals surface area contributed by atoms with Crippen molar-refractivity contribution < 1.29 is 9.18 Å². The van der Waals surface area contributed by atoms with Gasteiger partial charge in [0.15, 0.2) is 0 Å². The van der Waals surface area contributed by atoms with Crippen molar-refractivity contribution in [3.05, 3.63) is 57.8 Å². The average Bonchev–Trinajstić information content (AvgIpc) is 3.23. The van der Waals surface area contributed by atoms with Crippen molar-refractivity contribution in [2.75, 3.05) is 31.5 Å². The number of nitrogens with one attached hydrogen (secondary N) is 3. The number of benzene rings is 1. The lowest BCUT2D eigenvalue weighted by molar-refractivity contribution is -0.116. The monoisotopic (exact) mass is 482 g/mol. The van der Waals surface area contributed by atoms with Crippen LogP contribution in [0.3, 0.4) is 0 Å². The highest BCUT2D eigenvalue weighted by Gasteiger charge is 2.20. The van der Waals surface area contributed by atoms with Crippen LogP contribution in [0.2, 0.25) is 0 Å². The van der Waals surface area contributed by atoms with Gasteiger partial charge in [-0.05, 0) is 29.7 Å². The minimum absolute atomic E-state index is 0.133. The summed E-state index contributed by atoms with van der Waals surface area (Å²) in [6.07, 6.45) is 7.61. The summed E-state index contributed by atoms with van der Waals surface area (Å²) in [6.45, 7) is 7.01. The zero-order chi connectivity index (χ0) is 24.6. The number of carbonyl (C=O) groups is 1. The number of hydrogen-bond acceptors (Lipinski definition) is 5. The van der Waals surface area contributed by atoms with E-state index in [9.17, 15) is 14.0 Å². The third kappa shape index (κ3) is 6.99. The molecule has 188 valence electrons. The molecule has 1 aliphatic rings. The number of nitrogens with zero attached hydrogens (tertiary/aromatic N) is 3. The molecule has 0 spiro atoms. The molecule has 0 aliphatic carbocycles.